The van der Waals surface area contributed by atoms with Gasteiger partial charge in [-0.25, -0.2) is 0 Å². The standard InChI is InChI=1S/C15H11N5O/c1-10-17-18-13-9-12(7-8-20(10)13)15-16-14(19-21-15)11-5-3-2-4-6-11/h2-9H,1H3. The van der Waals surface area contributed by atoms with Crippen LogP contribution in [-0.4, -0.2) is 24.7 Å². The van der Waals surface area contributed by atoms with E-state index in [-0.39, 0.29) is 0 Å². The Morgan fingerprint density at radius 3 is 2.71 bits per heavy atom. The van der Waals surface area contributed by atoms with Gasteiger partial charge in [0.05, 0.1) is 0 Å². The Morgan fingerprint density at radius 2 is 1.86 bits per heavy atom. The highest BCUT2D eigenvalue weighted by Gasteiger charge is 2.11. The van der Waals surface area contributed by atoms with Crippen molar-refractivity contribution in [2.75, 3.05) is 0 Å². The molecule has 0 saturated carbocycles. The molecule has 21 heavy (non-hydrogen) atoms. The molecule has 3 aromatic heterocycles. The molecule has 0 fully saturated rings. The highest BCUT2D eigenvalue weighted by Crippen LogP contribution is 2.22. The largest absolute Gasteiger partial charge is 0.334 e. The summed E-state index contributed by atoms with van der Waals surface area (Å²) < 4.78 is 7.24. The Labute approximate surface area is 120 Å². The van der Waals surface area contributed by atoms with Gasteiger partial charge in [-0.05, 0) is 19.1 Å². The first-order chi connectivity index (χ1) is 10.3. The van der Waals surface area contributed by atoms with Gasteiger partial charge in [-0.3, -0.25) is 4.40 Å². The maximum Gasteiger partial charge on any atom is 0.258 e. The third kappa shape index (κ3) is 1.97. The summed E-state index contributed by atoms with van der Waals surface area (Å²) >= 11 is 0. The molecule has 0 saturated heterocycles. The third-order valence-electron chi connectivity index (χ3n) is 3.29. The maximum absolute atomic E-state index is 5.34. The molecule has 3 heterocycles. The van der Waals surface area contributed by atoms with Crippen molar-refractivity contribution in [2.24, 2.45) is 0 Å². The van der Waals surface area contributed by atoms with Crippen molar-refractivity contribution in [1.82, 2.24) is 24.7 Å². The van der Waals surface area contributed by atoms with Crippen molar-refractivity contribution in [3.63, 3.8) is 0 Å². The van der Waals surface area contributed by atoms with E-state index in [1.165, 1.54) is 0 Å². The molecule has 0 aliphatic carbocycles. The molecule has 0 aliphatic rings. The van der Waals surface area contributed by atoms with Crippen LogP contribution in [0.2, 0.25) is 0 Å². The van der Waals surface area contributed by atoms with Crippen molar-refractivity contribution >= 4 is 5.65 Å². The van der Waals surface area contributed by atoms with Gasteiger partial charge in [0.1, 0.15) is 5.82 Å². The third-order valence-corrected chi connectivity index (χ3v) is 3.29. The SMILES string of the molecule is Cc1nnc2cc(-c3nc(-c4ccccc4)no3)ccn12. The van der Waals surface area contributed by atoms with Crippen LogP contribution in [0.15, 0.2) is 53.2 Å². The number of aryl methyl sites for hydroxylation is 1. The maximum atomic E-state index is 5.34. The Morgan fingerprint density at radius 1 is 1.00 bits per heavy atom. The zero-order valence-electron chi connectivity index (χ0n) is 11.3. The van der Waals surface area contributed by atoms with Crippen LogP contribution >= 0.6 is 0 Å². The highest BCUT2D eigenvalue weighted by molar-refractivity contribution is 5.62. The Kier molecular flexibility index (Phi) is 2.53. The van der Waals surface area contributed by atoms with E-state index in [4.69, 9.17) is 4.52 Å². The van der Waals surface area contributed by atoms with E-state index >= 15 is 0 Å². The van der Waals surface area contributed by atoms with Crippen molar-refractivity contribution in [3.05, 3.63) is 54.5 Å². The molecule has 0 radical (unpaired) electrons. The van der Waals surface area contributed by atoms with E-state index in [1.54, 1.807) is 0 Å². The lowest BCUT2D eigenvalue weighted by molar-refractivity contribution is 0.432. The lowest BCUT2D eigenvalue weighted by Crippen LogP contribution is -1.88. The van der Waals surface area contributed by atoms with Crippen LogP contribution in [0.4, 0.5) is 0 Å². The molecule has 1 aromatic carbocycles. The molecule has 4 rings (SSSR count). The molecule has 0 spiro atoms. The molecule has 6 heteroatoms. The Balaban J connectivity index is 1.77. The molecular formula is C15H11N5O. The molecular weight excluding hydrogens is 266 g/mol. The Bertz CT molecular complexity index is 910. The van der Waals surface area contributed by atoms with E-state index < -0.39 is 0 Å². The molecule has 0 amide bonds. The van der Waals surface area contributed by atoms with Gasteiger partial charge in [-0.15, -0.1) is 10.2 Å². The van der Waals surface area contributed by atoms with E-state index in [0.717, 1.165) is 22.6 Å². The van der Waals surface area contributed by atoms with Gasteiger partial charge in [-0.2, -0.15) is 4.98 Å². The average Bonchev–Trinajstić information content (AvgIpc) is 3.15. The number of hydrogen-bond donors (Lipinski definition) is 0. The summed E-state index contributed by atoms with van der Waals surface area (Å²) in [5, 5.41) is 12.1. The smallest absolute Gasteiger partial charge is 0.258 e. The van der Waals surface area contributed by atoms with Crippen molar-refractivity contribution in [3.8, 4) is 22.8 Å². The molecule has 0 unspecified atom stereocenters. The summed E-state index contributed by atoms with van der Waals surface area (Å²) in [4.78, 5) is 4.43. The number of fused-ring (bicyclic) bond motifs is 1. The fourth-order valence-corrected chi connectivity index (χ4v) is 2.19. The van der Waals surface area contributed by atoms with E-state index in [2.05, 4.69) is 20.3 Å². The number of nitrogens with zero attached hydrogens (tertiary/aromatic N) is 5. The average molecular weight is 277 g/mol. The predicted octanol–water partition coefficient (Wildman–Crippen LogP) is 2.75. The van der Waals surface area contributed by atoms with Crippen LogP contribution < -0.4 is 0 Å². The van der Waals surface area contributed by atoms with E-state index in [1.807, 2.05) is 60.0 Å². The second-order valence-electron chi connectivity index (χ2n) is 4.68. The predicted molar refractivity (Wildman–Crippen MR) is 76.5 cm³/mol. The Hall–Kier alpha value is -3.02. The van der Waals surface area contributed by atoms with Gasteiger partial charge < -0.3 is 4.52 Å². The lowest BCUT2D eigenvalue weighted by atomic mass is 10.2. The fraction of sp³-hybridized carbons (Fsp3) is 0.0667. The number of rotatable bonds is 2. The first kappa shape index (κ1) is 11.8. The first-order valence-corrected chi connectivity index (χ1v) is 6.52. The monoisotopic (exact) mass is 277 g/mol. The van der Waals surface area contributed by atoms with Crippen molar-refractivity contribution in [1.29, 1.82) is 0 Å². The van der Waals surface area contributed by atoms with Crippen LogP contribution in [0.5, 0.6) is 0 Å². The van der Waals surface area contributed by atoms with Gasteiger partial charge in [0, 0.05) is 17.3 Å². The minimum absolute atomic E-state index is 0.469. The van der Waals surface area contributed by atoms with E-state index in [0.29, 0.717) is 11.7 Å². The van der Waals surface area contributed by atoms with Gasteiger partial charge in [0.25, 0.3) is 5.89 Å². The summed E-state index contributed by atoms with van der Waals surface area (Å²) in [5.74, 6) is 1.88. The molecule has 102 valence electrons. The summed E-state index contributed by atoms with van der Waals surface area (Å²) in [7, 11) is 0. The second-order valence-corrected chi connectivity index (χ2v) is 4.68. The van der Waals surface area contributed by atoms with E-state index in [9.17, 15) is 0 Å². The summed E-state index contributed by atoms with van der Waals surface area (Å²) in [6.45, 7) is 1.90. The molecule has 0 aliphatic heterocycles. The number of hydrogen-bond acceptors (Lipinski definition) is 5. The van der Waals surface area contributed by atoms with Crippen molar-refractivity contribution < 1.29 is 4.52 Å². The van der Waals surface area contributed by atoms with Crippen molar-refractivity contribution in [2.45, 2.75) is 6.92 Å². The lowest BCUT2D eigenvalue weighted by Gasteiger charge is -1.96. The quantitative estimate of drug-likeness (QED) is 0.563. The zero-order valence-corrected chi connectivity index (χ0v) is 11.3. The zero-order chi connectivity index (χ0) is 14.2. The minimum Gasteiger partial charge on any atom is -0.334 e. The van der Waals surface area contributed by atoms with Crippen LogP contribution in [0.25, 0.3) is 28.5 Å². The van der Waals surface area contributed by atoms with Gasteiger partial charge in [-0.1, -0.05) is 35.5 Å². The topological polar surface area (TPSA) is 69.1 Å². The summed E-state index contributed by atoms with van der Waals surface area (Å²) in [6.07, 6.45) is 1.90. The van der Waals surface area contributed by atoms with Gasteiger partial charge >= 0.3 is 0 Å². The van der Waals surface area contributed by atoms with Gasteiger partial charge in [0.15, 0.2) is 5.65 Å². The molecule has 4 aromatic rings. The number of aromatic nitrogens is 5. The van der Waals surface area contributed by atoms with Crippen LogP contribution in [-0.2, 0) is 0 Å². The molecule has 0 atom stereocenters. The number of pyridine rings is 1. The highest BCUT2D eigenvalue weighted by atomic mass is 16.5. The first-order valence-electron chi connectivity index (χ1n) is 6.52. The number of benzene rings is 1. The normalized spacial score (nSPS) is 11.1. The molecule has 0 N–H and O–H groups in total. The molecule has 0 bridgehead atoms. The summed E-state index contributed by atoms with van der Waals surface area (Å²) in [6, 6.07) is 13.5. The summed E-state index contributed by atoms with van der Waals surface area (Å²) in [5.41, 5.74) is 2.50. The van der Waals surface area contributed by atoms with Gasteiger partial charge in [0.2, 0.25) is 5.82 Å². The minimum atomic E-state index is 0.469. The second kappa shape index (κ2) is 4.52. The van der Waals surface area contributed by atoms with Crippen LogP contribution in [0.1, 0.15) is 5.82 Å². The fourth-order valence-electron chi connectivity index (χ4n) is 2.19. The van der Waals surface area contributed by atoms with Crippen LogP contribution in [0.3, 0.4) is 0 Å². The molecule has 6 nitrogen and oxygen atoms in total. The van der Waals surface area contributed by atoms with Crippen LogP contribution in [0, 0.1) is 6.92 Å².